The van der Waals surface area contributed by atoms with Crippen LogP contribution in [0.25, 0.3) is 11.4 Å². The van der Waals surface area contributed by atoms with Crippen LogP contribution in [0.4, 0.5) is 0 Å². The molecule has 0 spiro atoms. The largest absolute Gasteiger partial charge is 0.352 e. The van der Waals surface area contributed by atoms with Crippen LogP contribution in [-0.4, -0.2) is 52.2 Å². The molecule has 1 atom stereocenters. The number of nitrogens with zero attached hydrogens (tertiary/aromatic N) is 3. The second-order valence-corrected chi connectivity index (χ2v) is 6.93. The van der Waals surface area contributed by atoms with E-state index in [4.69, 9.17) is 0 Å². The number of likely N-dealkylation sites (tertiary alicyclic amines) is 1. The quantitative estimate of drug-likeness (QED) is 0.853. The summed E-state index contributed by atoms with van der Waals surface area (Å²) in [4.78, 5) is 19.0. The number of aromatic nitrogens is 3. The van der Waals surface area contributed by atoms with Crippen molar-refractivity contribution >= 4 is 5.91 Å². The Balaban J connectivity index is 1.53. The second-order valence-electron chi connectivity index (χ2n) is 6.93. The molecule has 1 aliphatic heterocycles. The molecule has 0 radical (unpaired) electrons. The molecule has 0 saturated carbocycles. The number of aromatic amines is 1. The van der Waals surface area contributed by atoms with E-state index >= 15 is 0 Å². The maximum absolute atomic E-state index is 12.4. The summed E-state index contributed by atoms with van der Waals surface area (Å²) in [5.41, 5.74) is 1.52. The van der Waals surface area contributed by atoms with E-state index < -0.39 is 0 Å². The Morgan fingerprint density at radius 2 is 2.33 bits per heavy atom. The monoisotopic (exact) mass is 327 g/mol. The standard InChI is InChI=1S/C18H25N5O/c1-13(2)10-23-7-6-14(11-23)9-19-18(24)16-5-3-4-15(8-16)17-20-12-21-22-17/h3-5,8,12-14H,6-7,9-11H2,1-2H3,(H,19,24)(H,20,21,22)/t14-/m1/s1. The van der Waals surface area contributed by atoms with Crippen molar-refractivity contribution in [2.75, 3.05) is 26.2 Å². The maximum atomic E-state index is 12.4. The lowest BCUT2D eigenvalue weighted by Crippen LogP contribution is -2.31. The van der Waals surface area contributed by atoms with Crippen molar-refractivity contribution in [3.05, 3.63) is 36.2 Å². The van der Waals surface area contributed by atoms with Gasteiger partial charge < -0.3 is 10.2 Å². The topological polar surface area (TPSA) is 73.9 Å². The van der Waals surface area contributed by atoms with Crippen LogP contribution in [0.2, 0.25) is 0 Å². The zero-order chi connectivity index (χ0) is 16.9. The summed E-state index contributed by atoms with van der Waals surface area (Å²) >= 11 is 0. The van der Waals surface area contributed by atoms with Crippen LogP contribution in [0.1, 0.15) is 30.6 Å². The normalized spacial score (nSPS) is 18.2. The highest BCUT2D eigenvalue weighted by Crippen LogP contribution is 2.18. The second kappa shape index (κ2) is 7.57. The number of nitrogens with one attached hydrogen (secondary N) is 2. The minimum absolute atomic E-state index is 0.0290. The van der Waals surface area contributed by atoms with Crippen molar-refractivity contribution in [2.45, 2.75) is 20.3 Å². The summed E-state index contributed by atoms with van der Waals surface area (Å²) in [5.74, 6) is 1.88. The van der Waals surface area contributed by atoms with Gasteiger partial charge in [-0.2, -0.15) is 5.10 Å². The van der Waals surface area contributed by atoms with Gasteiger partial charge in [-0.1, -0.05) is 26.0 Å². The fraction of sp³-hybridized carbons (Fsp3) is 0.500. The lowest BCUT2D eigenvalue weighted by Gasteiger charge is -2.18. The molecule has 1 fully saturated rings. The van der Waals surface area contributed by atoms with Gasteiger partial charge in [0.25, 0.3) is 5.91 Å². The van der Waals surface area contributed by atoms with Crippen LogP contribution < -0.4 is 5.32 Å². The number of benzene rings is 1. The highest BCUT2D eigenvalue weighted by molar-refractivity contribution is 5.95. The van der Waals surface area contributed by atoms with Crippen LogP contribution in [0.3, 0.4) is 0 Å². The third-order valence-corrected chi connectivity index (χ3v) is 4.36. The molecule has 24 heavy (non-hydrogen) atoms. The molecule has 2 aromatic rings. The van der Waals surface area contributed by atoms with Gasteiger partial charge in [0, 0.05) is 30.8 Å². The third-order valence-electron chi connectivity index (χ3n) is 4.36. The van der Waals surface area contributed by atoms with E-state index in [0.29, 0.717) is 23.2 Å². The number of H-pyrrole nitrogens is 1. The van der Waals surface area contributed by atoms with E-state index in [9.17, 15) is 4.79 Å². The molecule has 2 N–H and O–H groups in total. The summed E-state index contributed by atoms with van der Waals surface area (Å²) in [6.07, 6.45) is 2.62. The van der Waals surface area contributed by atoms with E-state index in [0.717, 1.165) is 38.2 Å². The lowest BCUT2D eigenvalue weighted by molar-refractivity contribution is 0.0947. The van der Waals surface area contributed by atoms with Crippen molar-refractivity contribution in [2.24, 2.45) is 11.8 Å². The average Bonchev–Trinajstić information content (AvgIpc) is 3.24. The Morgan fingerprint density at radius 3 is 3.08 bits per heavy atom. The van der Waals surface area contributed by atoms with E-state index in [1.54, 1.807) is 0 Å². The molecular formula is C18H25N5O. The van der Waals surface area contributed by atoms with Crippen LogP contribution in [-0.2, 0) is 0 Å². The SMILES string of the molecule is CC(C)CN1CC[C@H](CNC(=O)c2cccc(-c3ncn[nH]3)c2)C1. The van der Waals surface area contributed by atoms with Crippen molar-refractivity contribution in [3.8, 4) is 11.4 Å². The van der Waals surface area contributed by atoms with Gasteiger partial charge in [-0.25, -0.2) is 4.98 Å². The first-order valence-corrected chi connectivity index (χ1v) is 8.58. The summed E-state index contributed by atoms with van der Waals surface area (Å²) in [6, 6.07) is 7.45. The van der Waals surface area contributed by atoms with E-state index in [1.807, 2.05) is 24.3 Å². The molecule has 1 amide bonds. The molecule has 6 nitrogen and oxygen atoms in total. The van der Waals surface area contributed by atoms with Crippen LogP contribution in [0.15, 0.2) is 30.6 Å². The Kier molecular flexibility index (Phi) is 5.25. The molecule has 0 unspecified atom stereocenters. The molecule has 1 aromatic heterocycles. The van der Waals surface area contributed by atoms with Gasteiger partial charge in [-0.3, -0.25) is 9.89 Å². The average molecular weight is 327 g/mol. The van der Waals surface area contributed by atoms with Crippen molar-refractivity contribution in [1.29, 1.82) is 0 Å². The molecule has 3 rings (SSSR count). The number of hydrogen-bond acceptors (Lipinski definition) is 4. The third kappa shape index (κ3) is 4.20. The molecule has 128 valence electrons. The van der Waals surface area contributed by atoms with Gasteiger partial charge >= 0.3 is 0 Å². The smallest absolute Gasteiger partial charge is 0.251 e. The zero-order valence-corrected chi connectivity index (χ0v) is 14.3. The molecule has 0 aliphatic carbocycles. The zero-order valence-electron chi connectivity index (χ0n) is 14.3. The van der Waals surface area contributed by atoms with Crippen molar-refractivity contribution in [3.63, 3.8) is 0 Å². The van der Waals surface area contributed by atoms with Crippen LogP contribution in [0.5, 0.6) is 0 Å². The Morgan fingerprint density at radius 1 is 1.46 bits per heavy atom. The molecule has 6 heteroatoms. The van der Waals surface area contributed by atoms with E-state index in [2.05, 4.69) is 39.2 Å². The molecule has 1 aromatic carbocycles. The summed E-state index contributed by atoms with van der Waals surface area (Å²) < 4.78 is 0. The number of carbonyl (C=O) groups is 1. The van der Waals surface area contributed by atoms with Gasteiger partial charge in [0.1, 0.15) is 6.33 Å². The lowest BCUT2D eigenvalue weighted by atomic mass is 10.1. The van der Waals surface area contributed by atoms with E-state index in [1.165, 1.54) is 6.33 Å². The first-order chi connectivity index (χ1) is 11.6. The maximum Gasteiger partial charge on any atom is 0.251 e. The minimum atomic E-state index is -0.0290. The van der Waals surface area contributed by atoms with Gasteiger partial charge in [0.2, 0.25) is 0 Å². The minimum Gasteiger partial charge on any atom is -0.352 e. The molecule has 0 bridgehead atoms. The first kappa shape index (κ1) is 16.6. The first-order valence-electron chi connectivity index (χ1n) is 8.58. The van der Waals surface area contributed by atoms with Crippen LogP contribution in [0, 0.1) is 11.8 Å². The summed E-state index contributed by atoms with van der Waals surface area (Å²) in [7, 11) is 0. The van der Waals surface area contributed by atoms with E-state index in [-0.39, 0.29) is 5.91 Å². The number of carbonyl (C=O) groups excluding carboxylic acids is 1. The fourth-order valence-electron chi connectivity index (χ4n) is 3.25. The Hall–Kier alpha value is -2.21. The number of hydrogen-bond donors (Lipinski definition) is 2. The number of rotatable bonds is 6. The summed E-state index contributed by atoms with van der Waals surface area (Å²) in [6.45, 7) is 8.59. The van der Waals surface area contributed by atoms with Crippen molar-refractivity contribution in [1.82, 2.24) is 25.4 Å². The van der Waals surface area contributed by atoms with Gasteiger partial charge in [0.05, 0.1) is 0 Å². The predicted molar refractivity (Wildman–Crippen MR) is 93.5 cm³/mol. The van der Waals surface area contributed by atoms with Gasteiger partial charge in [0.15, 0.2) is 5.82 Å². The highest BCUT2D eigenvalue weighted by atomic mass is 16.1. The van der Waals surface area contributed by atoms with Gasteiger partial charge in [-0.05, 0) is 36.9 Å². The van der Waals surface area contributed by atoms with Crippen molar-refractivity contribution < 1.29 is 4.79 Å². The highest BCUT2D eigenvalue weighted by Gasteiger charge is 2.23. The Bertz CT molecular complexity index is 668. The molecular weight excluding hydrogens is 302 g/mol. The van der Waals surface area contributed by atoms with Gasteiger partial charge in [-0.15, -0.1) is 0 Å². The Labute approximate surface area is 142 Å². The molecule has 1 aliphatic rings. The van der Waals surface area contributed by atoms with Crippen LogP contribution >= 0.6 is 0 Å². The summed E-state index contributed by atoms with van der Waals surface area (Å²) in [5, 5.41) is 9.74. The number of amides is 1. The molecule has 1 saturated heterocycles. The molecule has 2 heterocycles. The predicted octanol–water partition coefficient (Wildman–Crippen LogP) is 2.18. The fourth-order valence-corrected chi connectivity index (χ4v) is 3.25.